The quantitative estimate of drug-likeness (QED) is 0.574. The zero-order chi connectivity index (χ0) is 7.00. The first-order valence-corrected chi connectivity index (χ1v) is 6.22. The van der Waals surface area contributed by atoms with Crippen LogP contribution in [0, 0.1) is 0 Å². The predicted molar refractivity (Wildman–Crippen MR) is 42.4 cm³/mol. The van der Waals surface area contributed by atoms with Crippen LogP contribution in [0.1, 0.15) is 13.8 Å². The minimum absolute atomic E-state index is 0.637. The average molecular weight is 152 g/mol. The molecule has 0 fully saturated rings. The molecule has 0 spiro atoms. The third-order valence-corrected chi connectivity index (χ3v) is 5.29. The normalized spacial score (nSPS) is 14.1. The molecule has 1 N–H and O–H groups in total. The Bertz CT molecular complexity index is 119. The van der Waals surface area contributed by atoms with Crippen LogP contribution < -0.4 is 0 Å². The molecule has 0 saturated carbocycles. The van der Waals surface area contributed by atoms with Crippen LogP contribution in [0.2, 0.25) is 0 Å². The van der Waals surface area contributed by atoms with Crippen LogP contribution in [0.3, 0.4) is 0 Å². The van der Waals surface area contributed by atoms with E-state index in [-0.39, 0.29) is 0 Å². The minimum atomic E-state index is -1.46. The molecule has 0 aliphatic heterocycles. The maximum Gasteiger partial charge on any atom is 0.0867 e. The van der Waals surface area contributed by atoms with E-state index in [9.17, 15) is 5.11 Å². The molecule has 0 aromatic rings. The lowest BCUT2D eigenvalue weighted by Gasteiger charge is -2.25. The second-order valence-electron chi connectivity index (χ2n) is 2.85. The van der Waals surface area contributed by atoms with Gasteiger partial charge in [0.25, 0.3) is 0 Å². The molecule has 50 valence electrons. The van der Waals surface area contributed by atoms with Gasteiger partial charge in [0, 0.05) is 0 Å². The van der Waals surface area contributed by atoms with Crippen molar-refractivity contribution in [2.45, 2.75) is 19.2 Å². The minimum Gasteiger partial charge on any atom is -0.385 e. The number of hydrogen-bond donors (Lipinski definition) is 1. The summed E-state index contributed by atoms with van der Waals surface area (Å²) in [4.78, 5) is 0. The SMILES string of the molecule is CC(C)(O)P(C)(C)=S. The highest BCUT2D eigenvalue weighted by Crippen LogP contribution is 2.49. The molecule has 3 heteroatoms. The van der Waals surface area contributed by atoms with Crippen LogP contribution in [-0.4, -0.2) is 23.8 Å². The largest absolute Gasteiger partial charge is 0.385 e. The highest BCUT2D eigenvalue weighted by atomic mass is 32.4. The molecule has 0 aliphatic carbocycles. The summed E-state index contributed by atoms with van der Waals surface area (Å²) < 4.78 is 0. The van der Waals surface area contributed by atoms with Crippen molar-refractivity contribution in [3.05, 3.63) is 0 Å². The molecule has 0 amide bonds. The van der Waals surface area contributed by atoms with Gasteiger partial charge in [0.1, 0.15) is 0 Å². The molecule has 0 saturated heterocycles. The van der Waals surface area contributed by atoms with Gasteiger partial charge in [-0.15, -0.1) is 0 Å². The van der Waals surface area contributed by atoms with E-state index < -0.39 is 11.4 Å². The average Bonchev–Trinajstić information content (AvgIpc) is 1.25. The van der Waals surface area contributed by atoms with Crippen molar-refractivity contribution in [1.82, 2.24) is 0 Å². The van der Waals surface area contributed by atoms with E-state index in [1.54, 1.807) is 13.8 Å². The lowest BCUT2D eigenvalue weighted by molar-refractivity contribution is 0.172. The standard InChI is InChI=1S/C5H13OPS/c1-5(2,6)7(3,4)8/h6H,1-4H3. The summed E-state index contributed by atoms with van der Waals surface area (Å²) in [6.45, 7) is 7.44. The molecule has 0 aromatic heterocycles. The molecule has 8 heavy (non-hydrogen) atoms. The van der Waals surface area contributed by atoms with E-state index >= 15 is 0 Å². The van der Waals surface area contributed by atoms with Crippen molar-refractivity contribution >= 4 is 17.8 Å². The second kappa shape index (κ2) is 2.09. The zero-order valence-corrected chi connectivity index (χ0v) is 7.51. The first-order valence-electron chi connectivity index (χ1n) is 2.52. The summed E-state index contributed by atoms with van der Waals surface area (Å²) in [6, 6.07) is -1.46. The van der Waals surface area contributed by atoms with Gasteiger partial charge >= 0.3 is 0 Å². The zero-order valence-electron chi connectivity index (χ0n) is 5.80. The van der Waals surface area contributed by atoms with Gasteiger partial charge in [-0.05, 0) is 33.2 Å². The summed E-state index contributed by atoms with van der Waals surface area (Å²) in [7, 11) is 0. The van der Waals surface area contributed by atoms with Gasteiger partial charge in [-0.25, -0.2) is 0 Å². The monoisotopic (exact) mass is 152 g/mol. The third-order valence-electron chi connectivity index (χ3n) is 1.32. The van der Waals surface area contributed by atoms with Crippen LogP contribution in [0.4, 0.5) is 0 Å². The van der Waals surface area contributed by atoms with E-state index in [0.717, 1.165) is 0 Å². The molecular weight excluding hydrogens is 139 g/mol. The molecule has 0 unspecified atom stereocenters. The second-order valence-corrected chi connectivity index (χ2v) is 9.38. The molecule has 0 aromatic carbocycles. The molecular formula is C5H13OPS. The first-order chi connectivity index (χ1) is 3.25. The topological polar surface area (TPSA) is 20.2 Å². The third kappa shape index (κ3) is 2.25. The molecule has 0 aliphatic rings. The van der Waals surface area contributed by atoms with Gasteiger partial charge < -0.3 is 5.11 Å². The predicted octanol–water partition coefficient (Wildman–Crippen LogP) is 1.45. The van der Waals surface area contributed by atoms with Gasteiger partial charge in [0.2, 0.25) is 0 Å². The van der Waals surface area contributed by atoms with E-state index in [0.29, 0.717) is 0 Å². The first kappa shape index (κ1) is 8.61. The molecule has 0 atom stereocenters. The molecule has 0 radical (unpaired) electrons. The van der Waals surface area contributed by atoms with Crippen LogP contribution in [0.5, 0.6) is 0 Å². The Kier molecular flexibility index (Phi) is 2.25. The fourth-order valence-electron chi connectivity index (χ4n) is 0. The van der Waals surface area contributed by atoms with Gasteiger partial charge in [-0.2, -0.15) is 0 Å². The Labute approximate surface area is 56.1 Å². The Morgan fingerprint density at radius 3 is 1.50 bits per heavy atom. The lowest BCUT2D eigenvalue weighted by atomic mass is 10.5. The van der Waals surface area contributed by atoms with E-state index in [1.807, 2.05) is 13.3 Å². The van der Waals surface area contributed by atoms with Crippen molar-refractivity contribution in [3.8, 4) is 0 Å². The van der Waals surface area contributed by atoms with E-state index in [1.165, 1.54) is 0 Å². The Morgan fingerprint density at radius 1 is 1.38 bits per heavy atom. The van der Waals surface area contributed by atoms with Crippen LogP contribution in [-0.2, 0) is 11.8 Å². The van der Waals surface area contributed by atoms with Gasteiger partial charge in [0.05, 0.1) is 5.34 Å². The van der Waals surface area contributed by atoms with Crippen molar-refractivity contribution < 1.29 is 5.11 Å². The fourth-order valence-corrected chi connectivity index (χ4v) is 0. The summed E-state index contributed by atoms with van der Waals surface area (Å²) in [5.41, 5.74) is 0. The highest BCUT2D eigenvalue weighted by Gasteiger charge is 2.23. The Balaban J connectivity index is 4.26. The summed E-state index contributed by atoms with van der Waals surface area (Å²) >= 11 is 5.08. The molecule has 0 heterocycles. The van der Waals surface area contributed by atoms with Crippen molar-refractivity contribution in [3.63, 3.8) is 0 Å². The molecule has 0 rings (SSSR count). The van der Waals surface area contributed by atoms with Crippen molar-refractivity contribution in [2.24, 2.45) is 0 Å². The lowest BCUT2D eigenvalue weighted by Crippen LogP contribution is -2.16. The smallest absolute Gasteiger partial charge is 0.0867 e. The number of rotatable bonds is 1. The highest BCUT2D eigenvalue weighted by molar-refractivity contribution is 8.14. The van der Waals surface area contributed by atoms with E-state index in [4.69, 9.17) is 11.8 Å². The summed E-state index contributed by atoms with van der Waals surface area (Å²) in [6.07, 6.45) is 0. The molecule has 1 nitrogen and oxygen atoms in total. The van der Waals surface area contributed by atoms with E-state index in [2.05, 4.69) is 0 Å². The number of hydrogen-bond acceptors (Lipinski definition) is 2. The Morgan fingerprint density at radius 2 is 1.50 bits per heavy atom. The number of aliphatic hydroxyl groups is 1. The van der Waals surface area contributed by atoms with Crippen molar-refractivity contribution in [1.29, 1.82) is 0 Å². The maximum atomic E-state index is 9.30. The summed E-state index contributed by atoms with van der Waals surface area (Å²) in [5, 5.41) is 8.66. The van der Waals surface area contributed by atoms with Gasteiger partial charge in [0.15, 0.2) is 0 Å². The van der Waals surface area contributed by atoms with Crippen LogP contribution in [0.15, 0.2) is 0 Å². The van der Waals surface area contributed by atoms with Crippen LogP contribution in [0.25, 0.3) is 0 Å². The van der Waals surface area contributed by atoms with Gasteiger partial charge in [-0.3, -0.25) is 0 Å². The maximum absolute atomic E-state index is 9.30. The van der Waals surface area contributed by atoms with Gasteiger partial charge in [-0.1, -0.05) is 11.8 Å². The fraction of sp³-hybridized carbons (Fsp3) is 1.00. The summed E-state index contributed by atoms with van der Waals surface area (Å²) in [5.74, 6) is 0. The van der Waals surface area contributed by atoms with Crippen molar-refractivity contribution in [2.75, 3.05) is 13.3 Å². The van der Waals surface area contributed by atoms with Crippen LogP contribution >= 0.6 is 6.04 Å². The molecule has 0 bridgehead atoms. The Hall–Kier alpha value is 0.610.